The summed E-state index contributed by atoms with van der Waals surface area (Å²) in [7, 11) is 0. The van der Waals surface area contributed by atoms with Crippen LogP contribution in [-0.4, -0.2) is 32.8 Å². The number of amides is 2. The van der Waals surface area contributed by atoms with E-state index in [0.717, 1.165) is 12.1 Å². The van der Waals surface area contributed by atoms with E-state index in [9.17, 15) is 19.7 Å². The molecular weight excluding hydrogens is 282 g/mol. The Hall–Kier alpha value is -2.71. The summed E-state index contributed by atoms with van der Waals surface area (Å²) in [6.07, 6.45) is -2.72. The predicted molar refractivity (Wildman–Crippen MR) is 72.4 cm³/mol. The van der Waals surface area contributed by atoms with Crippen LogP contribution in [0.5, 0.6) is 0 Å². The zero-order valence-corrected chi connectivity index (χ0v) is 12.0. The summed E-state index contributed by atoms with van der Waals surface area (Å²) in [5.74, 6) is -0.264. The highest BCUT2D eigenvalue weighted by atomic mass is 16.6. The van der Waals surface area contributed by atoms with E-state index in [1.807, 2.05) is 0 Å². The lowest BCUT2D eigenvalue weighted by Gasteiger charge is -2.23. The minimum Gasteiger partial charge on any atom is -0.464 e. The highest BCUT2D eigenvalue weighted by molar-refractivity contribution is 6.07. The summed E-state index contributed by atoms with van der Waals surface area (Å²) in [6, 6.07) is 2.15. The molecule has 9 heteroatoms. The second-order valence-electron chi connectivity index (χ2n) is 5.13. The van der Waals surface area contributed by atoms with Crippen LogP contribution >= 0.6 is 0 Å². The number of hydrogen-bond acceptors (Lipinski definition) is 6. The Balaban J connectivity index is 3.18. The van der Waals surface area contributed by atoms with Crippen molar-refractivity contribution in [1.82, 2.24) is 4.98 Å². The zero-order chi connectivity index (χ0) is 16.4. The van der Waals surface area contributed by atoms with Crippen LogP contribution in [-0.2, 0) is 4.74 Å². The molecule has 1 aromatic rings. The van der Waals surface area contributed by atoms with Gasteiger partial charge in [0.1, 0.15) is 17.1 Å². The van der Waals surface area contributed by atoms with Crippen LogP contribution in [0.3, 0.4) is 0 Å². The zero-order valence-electron chi connectivity index (χ0n) is 12.0. The fourth-order valence-corrected chi connectivity index (χ4v) is 1.44. The average Bonchev–Trinajstić information content (AvgIpc) is 2.25. The summed E-state index contributed by atoms with van der Waals surface area (Å²) in [4.78, 5) is 37.2. The normalized spacial score (nSPS) is 10.9. The van der Waals surface area contributed by atoms with Crippen LogP contribution in [0.4, 0.5) is 21.1 Å². The number of anilines is 1. The molecule has 114 valence electrons. The van der Waals surface area contributed by atoms with Crippen LogP contribution in [0.15, 0.2) is 12.1 Å². The van der Waals surface area contributed by atoms with Gasteiger partial charge in [-0.25, -0.2) is 14.6 Å². The first-order chi connectivity index (χ1) is 9.53. The van der Waals surface area contributed by atoms with E-state index in [-0.39, 0.29) is 17.2 Å². The molecule has 0 unspecified atom stereocenters. The molecule has 0 fully saturated rings. The number of aromatic nitrogens is 1. The molecule has 0 aromatic carbocycles. The molecule has 1 rings (SSSR count). The highest BCUT2D eigenvalue weighted by Crippen LogP contribution is 2.22. The van der Waals surface area contributed by atoms with Crippen molar-refractivity contribution in [3.05, 3.63) is 27.9 Å². The van der Waals surface area contributed by atoms with Crippen LogP contribution in [0.2, 0.25) is 0 Å². The second kappa shape index (κ2) is 5.73. The number of nitrogens with zero attached hydrogens (tertiary/aromatic N) is 3. The van der Waals surface area contributed by atoms with Crippen molar-refractivity contribution < 1.29 is 24.4 Å². The number of hydrogen-bond donors (Lipinski definition) is 1. The molecule has 1 heterocycles. The Morgan fingerprint density at radius 3 is 2.33 bits per heavy atom. The van der Waals surface area contributed by atoms with E-state index in [1.165, 1.54) is 6.92 Å². The first kappa shape index (κ1) is 16.3. The van der Waals surface area contributed by atoms with Crippen molar-refractivity contribution in [3.63, 3.8) is 0 Å². The second-order valence-corrected chi connectivity index (χ2v) is 5.13. The molecule has 0 atom stereocenters. The lowest BCUT2D eigenvalue weighted by atomic mass is 10.2. The van der Waals surface area contributed by atoms with Crippen LogP contribution < -0.4 is 4.90 Å². The van der Waals surface area contributed by atoms with Crippen molar-refractivity contribution >= 4 is 23.7 Å². The standard InChI is InChI=1S/C12H15N3O6/c1-7-8(15(19)20)5-6-9(13-7)14(10(16)17)11(18)21-12(2,3)4/h5-6H,1-4H3,(H,16,17). The van der Waals surface area contributed by atoms with Gasteiger partial charge in [0.05, 0.1) is 4.92 Å². The third-order valence-corrected chi connectivity index (χ3v) is 2.24. The monoisotopic (exact) mass is 297 g/mol. The van der Waals surface area contributed by atoms with Gasteiger partial charge in [0.25, 0.3) is 5.69 Å². The largest absolute Gasteiger partial charge is 0.464 e. The summed E-state index contributed by atoms with van der Waals surface area (Å²) >= 11 is 0. The van der Waals surface area contributed by atoms with Gasteiger partial charge in [0.15, 0.2) is 0 Å². The predicted octanol–water partition coefficient (Wildman–Crippen LogP) is 2.72. The Morgan fingerprint density at radius 1 is 1.38 bits per heavy atom. The van der Waals surface area contributed by atoms with E-state index in [0.29, 0.717) is 4.90 Å². The number of aryl methyl sites for hydroxylation is 1. The third-order valence-electron chi connectivity index (χ3n) is 2.24. The number of rotatable bonds is 2. The number of ether oxygens (including phenoxy) is 1. The van der Waals surface area contributed by atoms with Gasteiger partial charge < -0.3 is 9.84 Å². The van der Waals surface area contributed by atoms with E-state index in [2.05, 4.69) is 4.98 Å². The maximum absolute atomic E-state index is 11.9. The number of pyridine rings is 1. The maximum atomic E-state index is 11.9. The van der Waals surface area contributed by atoms with Gasteiger partial charge >= 0.3 is 12.2 Å². The molecule has 9 nitrogen and oxygen atoms in total. The number of carbonyl (C=O) groups excluding carboxylic acids is 1. The topological polar surface area (TPSA) is 123 Å². The quantitative estimate of drug-likeness (QED) is 0.657. The lowest BCUT2D eigenvalue weighted by Crippen LogP contribution is -2.40. The minimum atomic E-state index is -1.59. The first-order valence-corrected chi connectivity index (χ1v) is 5.91. The molecule has 1 aromatic heterocycles. The van der Waals surface area contributed by atoms with Crippen molar-refractivity contribution in [2.24, 2.45) is 0 Å². The van der Waals surface area contributed by atoms with Gasteiger partial charge in [-0.05, 0) is 33.8 Å². The molecule has 0 spiro atoms. The third kappa shape index (κ3) is 4.13. The van der Waals surface area contributed by atoms with Gasteiger partial charge in [0.2, 0.25) is 0 Å². The molecule has 21 heavy (non-hydrogen) atoms. The smallest absolute Gasteiger partial charge is 0.425 e. The summed E-state index contributed by atoms with van der Waals surface area (Å²) in [5.41, 5.74) is -1.17. The molecule has 2 amide bonds. The highest BCUT2D eigenvalue weighted by Gasteiger charge is 2.30. The van der Waals surface area contributed by atoms with Crippen molar-refractivity contribution in [2.45, 2.75) is 33.3 Å². The van der Waals surface area contributed by atoms with Crippen LogP contribution in [0.25, 0.3) is 0 Å². The van der Waals surface area contributed by atoms with Crippen molar-refractivity contribution in [2.75, 3.05) is 4.90 Å². The Bertz CT molecular complexity index is 593. The van der Waals surface area contributed by atoms with Crippen molar-refractivity contribution in [3.8, 4) is 0 Å². The van der Waals surface area contributed by atoms with Crippen molar-refractivity contribution in [1.29, 1.82) is 0 Å². The Kier molecular flexibility index (Phi) is 4.46. The summed E-state index contributed by atoms with van der Waals surface area (Å²) < 4.78 is 4.97. The number of imide groups is 1. The number of carbonyl (C=O) groups is 2. The molecular formula is C12H15N3O6. The molecule has 0 aliphatic carbocycles. The van der Waals surface area contributed by atoms with E-state index < -0.39 is 22.7 Å². The van der Waals surface area contributed by atoms with E-state index in [1.54, 1.807) is 20.8 Å². The lowest BCUT2D eigenvalue weighted by molar-refractivity contribution is -0.385. The molecule has 0 saturated carbocycles. The van der Waals surface area contributed by atoms with Crippen LogP contribution in [0, 0.1) is 17.0 Å². The Morgan fingerprint density at radius 2 is 1.95 bits per heavy atom. The molecule has 0 aliphatic rings. The van der Waals surface area contributed by atoms with Gasteiger partial charge in [-0.15, -0.1) is 0 Å². The molecule has 0 saturated heterocycles. The van der Waals surface area contributed by atoms with Crippen LogP contribution in [0.1, 0.15) is 26.5 Å². The Labute approximate surface area is 120 Å². The minimum absolute atomic E-state index is 0.00712. The molecule has 0 aliphatic heterocycles. The average molecular weight is 297 g/mol. The van der Waals surface area contributed by atoms with Gasteiger partial charge in [-0.1, -0.05) is 0 Å². The summed E-state index contributed by atoms with van der Waals surface area (Å²) in [6.45, 7) is 6.09. The van der Waals surface area contributed by atoms with Gasteiger partial charge in [-0.3, -0.25) is 10.1 Å². The first-order valence-electron chi connectivity index (χ1n) is 5.91. The number of nitro groups is 1. The fourth-order valence-electron chi connectivity index (χ4n) is 1.44. The number of carboxylic acid groups (broad SMARTS) is 1. The molecule has 1 N–H and O–H groups in total. The SMILES string of the molecule is Cc1nc(N(C(=O)O)C(=O)OC(C)(C)C)ccc1[N+](=O)[O-]. The fraction of sp³-hybridized carbons (Fsp3) is 0.417. The van der Waals surface area contributed by atoms with Gasteiger partial charge in [0, 0.05) is 6.07 Å². The maximum Gasteiger partial charge on any atom is 0.425 e. The van der Waals surface area contributed by atoms with E-state index >= 15 is 0 Å². The van der Waals surface area contributed by atoms with Gasteiger partial charge in [-0.2, -0.15) is 4.90 Å². The van der Waals surface area contributed by atoms with E-state index in [4.69, 9.17) is 9.84 Å². The summed E-state index contributed by atoms with van der Waals surface area (Å²) in [5, 5.41) is 19.8. The molecule has 0 bridgehead atoms. The molecule has 0 radical (unpaired) electrons.